The van der Waals surface area contributed by atoms with Gasteiger partial charge in [-0.2, -0.15) is 0 Å². The van der Waals surface area contributed by atoms with E-state index >= 15 is 0 Å². The van der Waals surface area contributed by atoms with Gasteiger partial charge in [-0.25, -0.2) is 4.98 Å². The van der Waals surface area contributed by atoms with E-state index in [0.717, 1.165) is 49.9 Å². The van der Waals surface area contributed by atoms with Gasteiger partial charge in [0.05, 0.1) is 18.4 Å². The van der Waals surface area contributed by atoms with Crippen LogP contribution >= 0.6 is 0 Å². The summed E-state index contributed by atoms with van der Waals surface area (Å²) < 4.78 is 19.7. The van der Waals surface area contributed by atoms with E-state index in [0.29, 0.717) is 13.4 Å². The maximum atomic E-state index is 6.39. The van der Waals surface area contributed by atoms with Gasteiger partial charge in [0, 0.05) is 19.6 Å². The standard InChI is InChI=1S/C24H25N3O3/c1-17-2-5-19(6-3-17)20-11-25-23-13-30-24(15-27(20)23)8-9-26(14-24)12-18-4-7-21-22(10-18)29-16-28-21/h2-7,10-11H,8-9,12-16H2,1H3/t24-/m1/s1. The van der Waals surface area contributed by atoms with Gasteiger partial charge in [0.1, 0.15) is 18.0 Å². The Morgan fingerprint density at radius 1 is 1.03 bits per heavy atom. The molecule has 3 aliphatic heterocycles. The van der Waals surface area contributed by atoms with Crippen LogP contribution in [0, 0.1) is 6.92 Å². The zero-order valence-electron chi connectivity index (χ0n) is 17.1. The highest BCUT2D eigenvalue weighted by atomic mass is 16.7. The van der Waals surface area contributed by atoms with E-state index in [1.165, 1.54) is 22.4 Å². The number of ether oxygens (including phenoxy) is 3. The van der Waals surface area contributed by atoms with E-state index in [1.807, 2.05) is 12.3 Å². The summed E-state index contributed by atoms with van der Waals surface area (Å²) in [5.74, 6) is 2.70. The van der Waals surface area contributed by atoms with Gasteiger partial charge < -0.3 is 18.8 Å². The summed E-state index contributed by atoms with van der Waals surface area (Å²) in [7, 11) is 0. The third-order valence-corrected chi connectivity index (χ3v) is 6.48. The normalized spacial score (nSPS) is 22.6. The molecule has 154 valence electrons. The highest BCUT2D eigenvalue weighted by Gasteiger charge is 2.43. The first kappa shape index (κ1) is 18.0. The van der Waals surface area contributed by atoms with Crippen molar-refractivity contribution in [3.05, 3.63) is 65.6 Å². The Hall–Kier alpha value is -2.83. The molecule has 1 fully saturated rings. The SMILES string of the molecule is Cc1ccc(-c2cnc3n2C[C@]2(CCN(Cc4ccc5c(c4)OCO5)C2)OC3)cc1. The Bertz CT molecular complexity index is 1090. The van der Waals surface area contributed by atoms with Gasteiger partial charge in [-0.3, -0.25) is 4.90 Å². The highest BCUT2D eigenvalue weighted by molar-refractivity contribution is 5.60. The van der Waals surface area contributed by atoms with Crippen LogP contribution in [0.3, 0.4) is 0 Å². The quantitative estimate of drug-likeness (QED) is 0.666. The molecule has 1 atom stereocenters. The predicted octanol–water partition coefficient (Wildman–Crippen LogP) is 3.76. The lowest BCUT2D eigenvalue weighted by Gasteiger charge is -2.35. The molecule has 0 unspecified atom stereocenters. The molecule has 3 aliphatic rings. The molecule has 1 spiro atoms. The van der Waals surface area contributed by atoms with Crippen molar-refractivity contribution in [2.24, 2.45) is 0 Å². The van der Waals surface area contributed by atoms with Crippen LogP contribution in [-0.2, 0) is 24.4 Å². The fourth-order valence-corrected chi connectivity index (χ4v) is 4.82. The first-order valence-corrected chi connectivity index (χ1v) is 10.5. The molecule has 0 radical (unpaired) electrons. The van der Waals surface area contributed by atoms with Crippen molar-refractivity contribution in [2.45, 2.75) is 38.6 Å². The fourth-order valence-electron chi connectivity index (χ4n) is 4.82. The first-order valence-electron chi connectivity index (χ1n) is 10.5. The van der Waals surface area contributed by atoms with Crippen LogP contribution in [-0.4, -0.2) is 39.9 Å². The van der Waals surface area contributed by atoms with Crippen LogP contribution < -0.4 is 9.47 Å². The smallest absolute Gasteiger partial charge is 0.231 e. The first-order chi connectivity index (χ1) is 14.7. The molecule has 3 aromatic rings. The third-order valence-electron chi connectivity index (χ3n) is 6.48. The zero-order valence-corrected chi connectivity index (χ0v) is 17.1. The van der Waals surface area contributed by atoms with Crippen molar-refractivity contribution in [1.82, 2.24) is 14.5 Å². The minimum absolute atomic E-state index is 0.149. The summed E-state index contributed by atoms with van der Waals surface area (Å²) >= 11 is 0. The number of fused-ring (bicyclic) bond motifs is 2. The molecule has 1 aromatic heterocycles. The molecular formula is C24H25N3O3. The average molecular weight is 403 g/mol. The molecule has 1 saturated heterocycles. The molecule has 0 N–H and O–H groups in total. The van der Waals surface area contributed by atoms with Crippen LogP contribution in [0.25, 0.3) is 11.3 Å². The summed E-state index contributed by atoms with van der Waals surface area (Å²) in [6.07, 6.45) is 3.02. The van der Waals surface area contributed by atoms with Gasteiger partial charge in [0.2, 0.25) is 6.79 Å². The van der Waals surface area contributed by atoms with Crippen molar-refractivity contribution in [1.29, 1.82) is 0 Å². The molecule has 6 nitrogen and oxygen atoms in total. The molecule has 30 heavy (non-hydrogen) atoms. The van der Waals surface area contributed by atoms with Crippen molar-refractivity contribution < 1.29 is 14.2 Å². The minimum Gasteiger partial charge on any atom is -0.454 e. The van der Waals surface area contributed by atoms with E-state index in [1.54, 1.807) is 0 Å². The summed E-state index contributed by atoms with van der Waals surface area (Å²) in [5.41, 5.74) is 4.76. The van der Waals surface area contributed by atoms with Gasteiger partial charge in [0.15, 0.2) is 11.5 Å². The second kappa shape index (κ2) is 6.86. The third kappa shape index (κ3) is 3.07. The van der Waals surface area contributed by atoms with Crippen LogP contribution in [0.4, 0.5) is 0 Å². The number of imidazole rings is 1. The van der Waals surface area contributed by atoms with Crippen LogP contribution in [0.2, 0.25) is 0 Å². The maximum absolute atomic E-state index is 6.39. The van der Waals surface area contributed by atoms with Crippen molar-refractivity contribution >= 4 is 0 Å². The number of nitrogens with zero attached hydrogens (tertiary/aromatic N) is 3. The number of hydrogen-bond donors (Lipinski definition) is 0. The topological polar surface area (TPSA) is 48.8 Å². The van der Waals surface area contributed by atoms with Gasteiger partial charge in [-0.05, 0) is 36.6 Å². The second-order valence-electron chi connectivity index (χ2n) is 8.63. The largest absolute Gasteiger partial charge is 0.454 e. The average Bonchev–Trinajstić information content (AvgIpc) is 3.47. The number of rotatable bonds is 3. The van der Waals surface area contributed by atoms with Crippen LogP contribution in [0.5, 0.6) is 11.5 Å². The van der Waals surface area contributed by atoms with Gasteiger partial charge >= 0.3 is 0 Å². The predicted molar refractivity (Wildman–Crippen MR) is 112 cm³/mol. The van der Waals surface area contributed by atoms with Crippen molar-refractivity contribution in [3.8, 4) is 22.8 Å². The fraction of sp³-hybridized carbons (Fsp3) is 0.375. The molecule has 6 heteroatoms. The van der Waals surface area contributed by atoms with E-state index in [9.17, 15) is 0 Å². The number of benzene rings is 2. The molecular weight excluding hydrogens is 378 g/mol. The number of hydrogen-bond acceptors (Lipinski definition) is 5. The molecule has 0 amide bonds. The van der Waals surface area contributed by atoms with E-state index in [2.05, 4.69) is 57.8 Å². The monoisotopic (exact) mass is 403 g/mol. The Balaban J connectivity index is 1.20. The number of aryl methyl sites for hydroxylation is 1. The lowest BCUT2D eigenvalue weighted by Crippen LogP contribution is -2.44. The molecule has 6 rings (SSSR count). The van der Waals surface area contributed by atoms with Gasteiger partial charge in [0.25, 0.3) is 0 Å². The van der Waals surface area contributed by atoms with E-state index in [4.69, 9.17) is 14.2 Å². The van der Waals surface area contributed by atoms with E-state index < -0.39 is 0 Å². The summed E-state index contributed by atoms with van der Waals surface area (Å²) in [5, 5.41) is 0. The molecule has 4 heterocycles. The Morgan fingerprint density at radius 3 is 2.80 bits per heavy atom. The Labute approximate surface area is 176 Å². The lowest BCUT2D eigenvalue weighted by atomic mass is 10.0. The summed E-state index contributed by atoms with van der Waals surface area (Å²) in [4.78, 5) is 7.11. The molecule has 0 saturated carbocycles. The van der Waals surface area contributed by atoms with Crippen molar-refractivity contribution in [2.75, 3.05) is 19.9 Å². The Kier molecular flexibility index (Phi) is 4.11. The van der Waals surface area contributed by atoms with Crippen LogP contribution in [0.15, 0.2) is 48.7 Å². The van der Waals surface area contributed by atoms with E-state index in [-0.39, 0.29) is 5.60 Å². The second-order valence-corrected chi connectivity index (χ2v) is 8.63. The zero-order chi connectivity index (χ0) is 20.1. The van der Waals surface area contributed by atoms with Crippen LogP contribution in [0.1, 0.15) is 23.4 Å². The Morgan fingerprint density at radius 2 is 1.90 bits per heavy atom. The minimum atomic E-state index is -0.149. The summed E-state index contributed by atoms with van der Waals surface area (Å²) in [6, 6.07) is 14.9. The molecule has 0 aliphatic carbocycles. The van der Waals surface area contributed by atoms with Gasteiger partial charge in [-0.15, -0.1) is 0 Å². The molecule has 2 aromatic carbocycles. The number of likely N-dealkylation sites (tertiary alicyclic amines) is 1. The maximum Gasteiger partial charge on any atom is 0.231 e. The molecule has 0 bridgehead atoms. The lowest BCUT2D eigenvalue weighted by molar-refractivity contribution is -0.0821. The highest BCUT2D eigenvalue weighted by Crippen LogP contribution is 2.37. The summed E-state index contributed by atoms with van der Waals surface area (Å²) in [6.45, 7) is 6.70. The van der Waals surface area contributed by atoms with Crippen molar-refractivity contribution in [3.63, 3.8) is 0 Å². The number of aromatic nitrogens is 2. The van der Waals surface area contributed by atoms with Gasteiger partial charge in [-0.1, -0.05) is 35.9 Å².